The van der Waals surface area contributed by atoms with E-state index in [0.29, 0.717) is 6.04 Å². The highest BCUT2D eigenvalue weighted by atomic mass is 35.5. The Kier molecular flexibility index (Phi) is 3.88. The molecule has 1 aromatic rings. The smallest absolute Gasteiger partial charge is 0.0406 e. The normalized spacial score (nSPS) is 21.9. The van der Waals surface area contributed by atoms with Crippen molar-refractivity contribution >= 4 is 11.6 Å². The van der Waals surface area contributed by atoms with Gasteiger partial charge in [0, 0.05) is 17.1 Å². The number of benzene rings is 1. The lowest BCUT2D eigenvalue weighted by Gasteiger charge is -2.28. The van der Waals surface area contributed by atoms with Gasteiger partial charge in [-0.25, -0.2) is 0 Å². The van der Waals surface area contributed by atoms with Crippen LogP contribution in [0.3, 0.4) is 0 Å². The van der Waals surface area contributed by atoms with Crippen LogP contribution in [0.15, 0.2) is 24.3 Å². The van der Waals surface area contributed by atoms with Crippen LogP contribution in [-0.4, -0.2) is 23.5 Å². The Morgan fingerprint density at radius 2 is 2.00 bits per heavy atom. The SMILES string of the molecule is CC(C)N1CCCC1Cc1ccc(Cl)cc1. The summed E-state index contributed by atoms with van der Waals surface area (Å²) in [6.07, 6.45) is 3.84. The Balaban J connectivity index is 2.01. The Morgan fingerprint density at radius 3 is 2.62 bits per heavy atom. The van der Waals surface area contributed by atoms with Crippen molar-refractivity contribution in [2.24, 2.45) is 0 Å². The highest BCUT2D eigenvalue weighted by Gasteiger charge is 2.26. The molecular formula is C14H20ClN. The second kappa shape index (κ2) is 5.20. The van der Waals surface area contributed by atoms with Crippen molar-refractivity contribution in [3.8, 4) is 0 Å². The zero-order valence-corrected chi connectivity index (χ0v) is 10.9. The summed E-state index contributed by atoms with van der Waals surface area (Å²) in [4.78, 5) is 2.62. The summed E-state index contributed by atoms with van der Waals surface area (Å²) < 4.78 is 0. The van der Waals surface area contributed by atoms with E-state index in [2.05, 4.69) is 30.9 Å². The van der Waals surface area contributed by atoms with Crippen LogP contribution < -0.4 is 0 Å². The number of hydrogen-bond donors (Lipinski definition) is 0. The average molecular weight is 238 g/mol. The maximum Gasteiger partial charge on any atom is 0.0406 e. The highest BCUT2D eigenvalue weighted by molar-refractivity contribution is 6.30. The van der Waals surface area contributed by atoms with Crippen molar-refractivity contribution < 1.29 is 0 Å². The van der Waals surface area contributed by atoms with Crippen LogP contribution in [0.25, 0.3) is 0 Å². The maximum atomic E-state index is 5.90. The van der Waals surface area contributed by atoms with Crippen LogP contribution in [0.2, 0.25) is 5.02 Å². The molecule has 2 rings (SSSR count). The largest absolute Gasteiger partial charge is 0.298 e. The molecule has 2 heteroatoms. The van der Waals surface area contributed by atoms with Crippen LogP contribution >= 0.6 is 11.6 Å². The third-order valence-electron chi connectivity index (χ3n) is 3.47. The molecule has 0 saturated carbocycles. The van der Waals surface area contributed by atoms with Gasteiger partial charge in [-0.3, -0.25) is 4.90 Å². The van der Waals surface area contributed by atoms with Crippen molar-refractivity contribution in [3.63, 3.8) is 0 Å². The third kappa shape index (κ3) is 2.78. The molecule has 0 amide bonds. The Morgan fingerprint density at radius 1 is 1.31 bits per heavy atom. The maximum absolute atomic E-state index is 5.90. The van der Waals surface area contributed by atoms with E-state index in [0.717, 1.165) is 17.5 Å². The molecular weight excluding hydrogens is 218 g/mol. The fourth-order valence-electron chi connectivity index (χ4n) is 2.65. The van der Waals surface area contributed by atoms with Gasteiger partial charge in [-0.05, 0) is 57.4 Å². The fourth-order valence-corrected chi connectivity index (χ4v) is 2.78. The number of hydrogen-bond acceptors (Lipinski definition) is 1. The second-order valence-corrected chi connectivity index (χ2v) is 5.39. The lowest BCUT2D eigenvalue weighted by atomic mass is 10.0. The molecule has 88 valence electrons. The number of rotatable bonds is 3. The van der Waals surface area contributed by atoms with E-state index < -0.39 is 0 Å². The van der Waals surface area contributed by atoms with Gasteiger partial charge in [0.05, 0.1) is 0 Å². The minimum atomic E-state index is 0.666. The van der Waals surface area contributed by atoms with Crippen molar-refractivity contribution in [1.29, 1.82) is 0 Å². The first-order valence-corrected chi connectivity index (χ1v) is 6.55. The molecule has 1 atom stereocenters. The molecule has 0 aromatic heterocycles. The summed E-state index contributed by atoms with van der Waals surface area (Å²) in [5.41, 5.74) is 1.40. The predicted molar refractivity (Wildman–Crippen MR) is 70.0 cm³/mol. The van der Waals surface area contributed by atoms with Gasteiger partial charge in [0.2, 0.25) is 0 Å². The van der Waals surface area contributed by atoms with Crippen molar-refractivity contribution in [2.75, 3.05) is 6.54 Å². The topological polar surface area (TPSA) is 3.24 Å². The van der Waals surface area contributed by atoms with Crippen molar-refractivity contribution in [2.45, 2.75) is 45.2 Å². The minimum absolute atomic E-state index is 0.666. The van der Waals surface area contributed by atoms with Gasteiger partial charge in [0.15, 0.2) is 0 Å². The average Bonchev–Trinajstić information content (AvgIpc) is 2.69. The van der Waals surface area contributed by atoms with Crippen LogP contribution in [0.4, 0.5) is 0 Å². The van der Waals surface area contributed by atoms with Gasteiger partial charge in [-0.15, -0.1) is 0 Å². The quantitative estimate of drug-likeness (QED) is 0.774. The Bertz CT molecular complexity index is 331. The lowest BCUT2D eigenvalue weighted by molar-refractivity contribution is 0.203. The molecule has 0 radical (unpaired) electrons. The molecule has 1 heterocycles. The van der Waals surface area contributed by atoms with Gasteiger partial charge < -0.3 is 0 Å². The van der Waals surface area contributed by atoms with E-state index in [1.54, 1.807) is 0 Å². The highest BCUT2D eigenvalue weighted by Crippen LogP contribution is 2.23. The molecule has 1 aliphatic rings. The molecule has 1 saturated heterocycles. The molecule has 1 nitrogen and oxygen atoms in total. The predicted octanol–water partition coefficient (Wildman–Crippen LogP) is 3.76. The molecule has 1 unspecified atom stereocenters. The number of nitrogens with zero attached hydrogens (tertiary/aromatic N) is 1. The van der Waals surface area contributed by atoms with Crippen LogP contribution in [-0.2, 0) is 6.42 Å². The fraction of sp³-hybridized carbons (Fsp3) is 0.571. The number of halogens is 1. The van der Waals surface area contributed by atoms with E-state index in [-0.39, 0.29) is 0 Å². The molecule has 1 aliphatic heterocycles. The summed E-state index contributed by atoms with van der Waals surface area (Å²) in [5.74, 6) is 0. The lowest BCUT2D eigenvalue weighted by Crippen LogP contribution is -2.36. The van der Waals surface area contributed by atoms with E-state index in [9.17, 15) is 0 Å². The first-order chi connectivity index (χ1) is 7.66. The second-order valence-electron chi connectivity index (χ2n) is 4.96. The molecule has 0 spiro atoms. The van der Waals surface area contributed by atoms with Gasteiger partial charge in [0.25, 0.3) is 0 Å². The van der Waals surface area contributed by atoms with Gasteiger partial charge in [-0.1, -0.05) is 23.7 Å². The van der Waals surface area contributed by atoms with Gasteiger partial charge in [-0.2, -0.15) is 0 Å². The van der Waals surface area contributed by atoms with Crippen LogP contribution in [0.1, 0.15) is 32.3 Å². The molecule has 0 aliphatic carbocycles. The zero-order valence-electron chi connectivity index (χ0n) is 10.1. The monoisotopic (exact) mass is 237 g/mol. The zero-order chi connectivity index (χ0) is 11.5. The molecule has 1 aromatic carbocycles. The first-order valence-electron chi connectivity index (χ1n) is 6.17. The van der Waals surface area contributed by atoms with E-state index in [1.165, 1.54) is 24.9 Å². The molecule has 1 fully saturated rings. The van der Waals surface area contributed by atoms with Crippen LogP contribution in [0.5, 0.6) is 0 Å². The summed E-state index contributed by atoms with van der Waals surface area (Å²) in [5, 5.41) is 0.830. The standard InChI is InChI=1S/C14H20ClN/c1-11(2)16-9-3-4-14(16)10-12-5-7-13(15)8-6-12/h5-8,11,14H,3-4,9-10H2,1-2H3. The summed E-state index contributed by atoms with van der Waals surface area (Å²) in [6, 6.07) is 9.68. The van der Waals surface area contributed by atoms with Crippen molar-refractivity contribution in [3.05, 3.63) is 34.9 Å². The Labute approximate surface area is 103 Å². The Hall–Kier alpha value is -0.530. The summed E-state index contributed by atoms with van der Waals surface area (Å²) in [7, 11) is 0. The van der Waals surface area contributed by atoms with Gasteiger partial charge >= 0.3 is 0 Å². The minimum Gasteiger partial charge on any atom is -0.298 e. The van der Waals surface area contributed by atoms with Gasteiger partial charge in [0.1, 0.15) is 0 Å². The van der Waals surface area contributed by atoms with Crippen molar-refractivity contribution in [1.82, 2.24) is 4.90 Å². The third-order valence-corrected chi connectivity index (χ3v) is 3.72. The van der Waals surface area contributed by atoms with Crippen LogP contribution in [0, 0.1) is 0 Å². The van der Waals surface area contributed by atoms with E-state index >= 15 is 0 Å². The summed E-state index contributed by atoms with van der Waals surface area (Å²) in [6.45, 7) is 5.84. The number of likely N-dealkylation sites (tertiary alicyclic amines) is 1. The summed E-state index contributed by atoms with van der Waals surface area (Å²) >= 11 is 5.90. The molecule has 0 bridgehead atoms. The van der Waals surface area contributed by atoms with E-state index in [4.69, 9.17) is 11.6 Å². The van der Waals surface area contributed by atoms with E-state index in [1.807, 2.05) is 12.1 Å². The molecule has 0 N–H and O–H groups in total. The molecule has 16 heavy (non-hydrogen) atoms. The first kappa shape index (κ1) is 11.9.